The van der Waals surface area contributed by atoms with E-state index in [4.69, 9.17) is 11.3 Å². The Kier molecular flexibility index (Phi) is 6.30. The van der Waals surface area contributed by atoms with E-state index in [0.29, 0.717) is 19.6 Å². The molecular weight excluding hydrogens is 212 g/mol. The first-order valence-corrected chi connectivity index (χ1v) is 5.73. The molecule has 0 aliphatic heterocycles. The lowest BCUT2D eigenvalue weighted by molar-refractivity contribution is 0.0419. The van der Waals surface area contributed by atoms with Crippen molar-refractivity contribution >= 4 is 0 Å². The summed E-state index contributed by atoms with van der Waals surface area (Å²) >= 11 is 0. The molecular formula is C15H19O2. The predicted octanol–water partition coefficient (Wildman–Crippen LogP) is 2.75. The summed E-state index contributed by atoms with van der Waals surface area (Å²) in [6.07, 6.45) is 3.16. The predicted molar refractivity (Wildman–Crippen MR) is 69.3 cm³/mol. The van der Waals surface area contributed by atoms with Crippen LogP contribution < -0.4 is 0 Å². The molecule has 1 rings (SSSR count). The van der Waals surface area contributed by atoms with E-state index in [0.717, 1.165) is 5.56 Å². The van der Waals surface area contributed by atoms with E-state index in [2.05, 4.69) is 6.58 Å². The summed E-state index contributed by atoms with van der Waals surface area (Å²) in [4.78, 5) is 0. The molecule has 0 amide bonds. The second-order valence-electron chi connectivity index (χ2n) is 3.95. The maximum absolute atomic E-state index is 9.74. The van der Waals surface area contributed by atoms with Gasteiger partial charge in [0.1, 0.15) is 0 Å². The van der Waals surface area contributed by atoms with Crippen LogP contribution in [-0.2, 0) is 11.3 Å². The van der Waals surface area contributed by atoms with Crippen LogP contribution in [-0.4, -0.2) is 17.8 Å². The molecule has 0 saturated carbocycles. The molecule has 2 nitrogen and oxygen atoms in total. The van der Waals surface area contributed by atoms with E-state index in [9.17, 15) is 5.11 Å². The fraction of sp³-hybridized carbons (Fsp3) is 0.333. The molecule has 2 atom stereocenters. The number of hydrogen-bond donors (Lipinski definition) is 1. The Labute approximate surface area is 103 Å². The van der Waals surface area contributed by atoms with E-state index >= 15 is 0 Å². The Morgan fingerprint density at radius 3 is 2.65 bits per heavy atom. The zero-order chi connectivity index (χ0) is 12.5. The minimum atomic E-state index is -0.520. The molecule has 1 N–H and O–H groups in total. The third-order valence-corrected chi connectivity index (χ3v) is 2.57. The van der Waals surface area contributed by atoms with E-state index in [1.54, 1.807) is 6.08 Å². The van der Waals surface area contributed by atoms with Gasteiger partial charge in [0.25, 0.3) is 0 Å². The average molecular weight is 231 g/mol. The second-order valence-corrected chi connectivity index (χ2v) is 3.95. The minimum Gasteiger partial charge on any atom is -0.392 e. The normalized spacial score (nSPS) is 13.9. The van der Waals surface area contributed by atoms with Crippen LogP contribution in [0.4, 0.5) is 0 Å². The van der Waals surface area contributed by atoms with Gasteiger partial charge < -0.3 is 9.84 Å². The summed E-state index contributed by atoms with van der Waals surface area (Å²) in [6.45, 7) is 10.0. The molecule has 0 fully saturated rings. The fourth-order valence-electron chi connectivity index (χ4n) is 1.53. The molecule has 2 heteroatoms. The number of rotatable bonds is 8. The summed E-state index contributed by atoms with van der Waals surface area (Å²) in [5.74, 6) is -0.156. The first kappa shape index (κ1) is 13.7. The fourth-order valence-corrected chi connectivity index (χ4v) is 1.53. The summed E-state index contributed by atoms with van der Waals surface area (Å²) in [7, 11) is 0. The van der Waals surface area contributed by atoms with Crippen LogP contribution in [0.2, 0.25) is 0 Å². The highest BCUT2D eigenvalue weighted by Crippen LogP contribution is 2.11. The molecule has 1 aromatic carbocycles. The van der Waals surface area contributed by atoms with Gasteiger partial charge in [0, 0.05) is 5.92 Å². The van der Waals surface area contributed by atoms with Crippen molar-refractivity contribution in [2.45, 2.75) is 19.1 Å². The number of aliphatic hydroxyl groups is 1. The summed E-state index contributed by atoms with van der Waals surface area (Å²) < 4.78 is 5.53. The van der Waals surface area contributed by atoms with Crippen molar-refractivity contribution in [3.8, 4) is 0 Å². The first-order chi connectivity index (χ1) is 8.27. The number of benzene rings is 1. The van der Waals surface area contributed by atoms with Gasteiger partial charge in [-0.2, -0.15) is 0 Å². The third kappa shape index (κ3) is 4.98. The van der Waals surface area contributed by atoms with E-state index in [-0.39, 0.29) is 5.92 Å². The maximum Gasteiger partial charge on any atom is 0.0717 e. The van der Waals surface area contributed by atoms with Gasteiger partial charge in [-0.05, 0) is 12.0 Å². The standard InChI is InChI=1S/C15H19O2/c1-3-8-15(16)14(4-2)12-17-11-13-9-6-5-7-10-13/h2-7,9-10,14-16H,1,8,11-12H2/t14-,15+/m1/s1. The van der Waals surface area contributed by atoms with Crippen molar-refractivity contribution < 1.29 is 9.84 Å². The maximum atomic E-state index is 9.74. The second kappa shape index (κ2) is 7.82. The van der Waals surface area contributed by atoms with Crippen LogP contribution in [0.5, 0.6) is 0 Å². The zero-order valence-electron chi connectivity index (χ0n) is 9.96. The van der Waals surface area contributed by atoms with E-state index in [1.807, 2.05) is 30.3 Å². The SMILES string of the molecule is [CH]=C[C@H](COCc1ccccc1)[C@@H](O)CC=C. The Bertz CT molecular complexity index is 332. The Morgan fingerprint density at radius 1 is 1.35 bits per heavy atom. The molecule has 0 unspecified atom stereocenters. The molecule has 0 saturated heterocycles. The van der Waals surface area contributed by atoms with Gasteiger partial charge in [0.15, 0.2) is 0 Å². The summed E-state index contributed by atoms with van der Waals surface area (Å²) in [5.41, 5.74) is 1.11. The Hall–Kier alpha value is -1.38. The molecule has 1 aromatic rings. The molecule has 0 aliphatic carbocycles. The smallest absolute Gasteiger partial charge is 0.0717 e. The largest absolute Gasteiger partial charge is 0.392 e. The summed E-state index contributed by atoms with van der Waals surface area (Å²) in [5, 5.41) is 9.74. The topological polar surface area (TPSA) is 29.5 Å². The molecule has 17 heavy (non-hydrogen) atoms. The van der Waals surface area contributed by atoms with Crippen molar-refractivity contribution in [2.24, 2.45) is 5.92 Å². The molecule has 0 aromatic heterocycles. The first-order valence-electron chi connectivity index (χ1n) is 5.73. The monoisotopic (exact) mass is 231 g/mol. The molecule has 0 aliphatic rings. The van der Waals surface area contributed by atoms with Gasteiger partial charge in [0.05, 0.1) is 19.3 Å². The molecule has 0 spiro atoms. The lowest BCUT2D eigenvalue weighted by atomic mass is 10.0. The van der Waals surface area contributed by atoms with Gasteiger partial charge in [-0.15, -0.1) is 6.58 Å². The van der Waals surface area contributed by atoms with Crippen molar-refractivity contribution in [2.75, 3.05) is 6.61 Å². The summed E-state index contributed by atoms with van der Waals surface area (Å²) in [6, 6.07) is 9.91. The molecule has 91 valence electrons. The van der Waals surface area contributed by atoms with Crippen molar-refractivity contribution in [3.63, 3.8) is 0 Å². The van der Waals surface area contributed by atoms with Gasteiger partial charge in [-0.3, -0.25) is 0 Å². The highest BCUT2D eigenvalue weighted by molar-refractivity contribution is 5.13. The number of hydrogen-bond acceptors (Lipinski definition) is 2. The van der Waals surface area contributed by atoms with Crippen LogP contribution in [0.3, 0.4) is 0 Å². The van der Waals surface area contributed by atoms with Gasteiger partial charge in [-0.25, -0.2) is 0 Å². The molecule has 0 heterocycles. The van der Waals surface area contributed by atoms with E-state index in [1.165, 1.54) is 6.08 Å². The number of ether oxygens (including phenoxy) is 1. The lowest BCUT2D eigenvalue weighted by Crippen LogP contribution is -2.22. The molecule has 1 radical (unpaired) electrons. The minimum absolute atomic E-state index is 0.156. The number of aliphatic hydroxyl groups excluding tert-OH is 1. The highest BCUT2D eigenvalue weighted by atomic mass is 16.5. The van der Waals surface area contributed by atoms with Crippen LogP contribution >= 0.6 is 0 Å². The Morgan fingerprint density at radius 2 is 2.06 bits per heavy atom. The van der Waals surface area contributed by atoms with E-state index < -0.39 is 6.10 Å². The Balaban J connectivity index is 2.33. The van der Waals surface area contributed by atoms with Crippen LogP contribution in [0.15, 0.2) is 49.1 Å². The quantitative estimate of drug-likeness (QED) is 0.697. The van der Waals surface area contributed by atoms with Crippen molar-refractivity contribution in [3.05, 3.63) is 61.2 Å². The van der Waals surface area contributed by atoms with Gasteiger partial charge in [0.2, 0.25) is 0 Å². The third-order valence-electron chi connectivity index (χ3n) is 2.57. The van der Waals surface area contributed by atoms with Crippen molar-refractivity contribution in [1.29, 1.82) is 0 Å². The van der Waals surface area contributed by atoms with Gasteiger partial charge in [-0.1, -0.05) is 49.1 Å². The van der Waals surface area contributed by atoms with Gasteiger partial charge >= 0.3 is 0 Å². The zero-order valence-corrected chi connectivity index (χ0v) is 9.96. The van der Waals surface area contributed by atoms with Crippen LogP contribution in [0, 0.1) is 12.5 Å². The van der Waals surface area contributed by atoms with Crippen molar-refractivity contribution in [1.82, 2.24) is 0 Å². The average Bonchev–Trinajstić information content (AvgIpc) is 2.36. The highest BCUT2D eigenvalue weighted by Gasteiger charge is 2.14. The van der Waals surface area contributed by atoms with Crippen LogP contribution in [0.25, 0.3) is 0 Å². The lowest BCUT2D eigenvalue weighted by Gasteiger charge is -2.18. The molecule has 0 bridgehead atoms. The van der Waals surface area contributed by atoms with Crippen LogP contribution in [0.1, 0.15) is 12.0 Å².